The van der Waals surface area contributed by atoms with Crippen LogP contribution in [0.4, 0.5) is 0 Å². The smallest absolute Gasteiger partial charge is 0.0742 e. The maximum Gasteiger partial charge on any atom is 0.0742 e. The summed E-state index contributed by atoms with van der Waals surface area (Å²) in [5, 5.41) is 0.535. The molecule has 0 spiro atoms. The first-order valence-electron chi connectivity index (χ1n) is 5.20. The van der Waals surface area contributed by atoms with Crippen LogP contribution in [0.1, 0.15) is 41.5 Å². The highest BCUT2D eigenvalue weighted by molar-refractivity contribution is 7.99. The minimum Gasteiger partial charge on any atom is -0.380 e. The Labute approximate surface area is 94.0 Å². The molecule has 0 aromatic rings. The van der Waals surface area contributed by atoms with E-state index in [9.17, 15) is 0 Å². The van der Waals surface area contributed by atoms with Gasteiger partial charge < -0.3 is 4.74 Å². The number of rotatable bonds is 3. The van der Waals surface area contributed by atoms with E-state index in [4.69, 9.17) is 4.74 Å². The highest BCUT2D eigenvalue weighted by Gasteiger charge is 2.38. The second-order valence-electron chi connectivity index (χ2n) is 6.04. The van der Waals surface area contributed by atoms with Crippen LogP contribution in [0.3, 0.4) is 0 Å². The Bertz CT molecular complexity index is 144. The van der Waals surface area contributed by atoms with Crippen molar-refractivity contribution in [1.82, 2.24) is 0 Å². The summed E-state index contributed by atoms with van der Waals surface area (Å²) in [6, 6.07) is 0. The third-order valence-corrected chi connectivity index (χ3v) is 3.95. The minimum atomic E-state index is 0.204. The van der Waals surface area contributed by atoms with E-state index in [-0.39, 0.29) is 10.8 Å². The molecule has 0 radical (unpaired) electrons. The van der Waals surface area contributed by atoms with Gasteiger partial charge in [-0.3, -0.25) is 0 Å². The highest BCUT2D eigenvalue weighted by atomic mass is 32.2. The summed E-state index contributed by atoms with van der Waals surface area (Å²) in [5.74, 6) is 0. The van der Waals surface area contributed by atoms with Gasteiger partial charge in [0, 0.05) is 12.4 Å². The van der Waals surface area contributed by atoms with Crippen molar-refractivity contribution in [3.63, 3.8) is 0 Å². The van der Waals surface area contributed by atoms with Crippen molar-refractivity contribution >= 4 is 11.8 Å². The topological polar surface area (TPSA) is 9.23 Å². The summed E-state index contributed by atoms with van der Waals surface area (Å²) in [5.41, 5.74) is 0.489. The first-order chi connectivity index (χ1) is 6.14. The van der Waals surface area contributed by atoms with Crippen LogP contribution in [0.5, 0.6) is 0 Å². The molecule has 86 valence electrons. The zero-order chi connectivity index (χ0) is 11.6. The molecule has 0 aliphatic heterocycles. The van der Waals surface area contributed by atoms with Gasteiger partial charge in [-0.1, -0.05) is 41.5 Å². The largest absolute Gasteiger partial charge is 0.380 e. The summed E-state index contributed by atoms with van der Waals surface area (Å²) >= 11 is 1.91. The lowest BCUT2D eigenvalue weighted by Crippen LogP contribution is -2.44. The Kier molecular flexibility index (Phi) is 5.00. The fraction of sp³-hybridized carbons (Fsp3) is 1.00. The maximum absolute atomic E-state index is 5.67. The van der Waals surface area contributed by atoms with Crippen molar-refractivity contribution in [2.45, 2.75) is 52.9 Å². The van der Waals surface area contributed by atoms with Crippen molar-refractivity contribution in [2.24, 2.45) is 10.8 Å². The molecule has 0 amide bonds. The van der Waals surface area contributed by atoms with Gasteiger partial charge in [-0.2, -0.15) is 11.8 Å². The van der Waals surface area contributed by atoms with Crippen LogP contribution in [-0.2, 0) is 4.74 Å². The normalized spacial score (nSPS) is 18.0. The van der Waals surface area contributed by atoms with Crippen molar-refractivity contribution in [3.8, 4) is 0 Å². The van der Waals surface area contributed by atoms with Gasteiger partial charge in [0.25, 0.3) is 0 Å². The van der Waals surface area contributed by atoms with Crippen LogP contribution in [-0.4, -0.2) is 24.7 Å². The predicted molar refractivity (Wildman–Crippen MR) is 67.0 cm³/mol. The lowest BCUT2D eigenvalue weighted by atomic mass is 9.78. The van der Waals surface area contributed by atoms with Crippen molar-refractivity contribution in [1.29, 1.82) is 0 Å². The number of methoxy groups -OCH3 is 1. The molecular weight excluding hydrogens is 192 g/mol. The van der Waals surface area contributed by atoms with Gasteiger partial charge in [0.1, 0.15) is 0 Å². The van der Waals surface area contributed by atoms with Crippen LogP contribution in [0.25, 0.3) is 0 Å². The molecule has 0 unspecified atom stereocenters. The van der Waals surface area contributed by atoms with Gasteiger partial charge in [-0.05, 0) is 17.1 Å². The van der Waals surface area contributed by atoms with Gasteiger partial charge >= 0.3 is 0 Å². The molecule has 14 heavy (non-hydrogen) atoms. The van der Waals surface area contributed by atoms with E-state index in [0.29, 0.717) is 11.4 Å². The van der Waals surface area contributed by atoms with Crippen molar-refractivity contribution in [3.05, 3.63) is 0 Å². The number of hydrogen-bond acceptors (Lipinski definition) is 2. The Morgan fingerprint density at radius 2 is 1.36 bits per heavy atom. The zero-order valence-corrected chi connectivity index (χ0v) is 11.8. The molecule has 2 atom stereocenters. The molecular formula is C12H26OS. The van der Waals surface area contributed by atoms with Gasteiger partial charge in [0.2, 0.25) is 0 Å². The van der Waals surface area contributed by atoms with Crippen LogP contribution in [0.2, 0.25) is 0 Å². The van der Waals surface area contributed by atoms with Crippen LogP contribution >= 0.6 is 11.8 Å². The summed E-state index contributed by atoms with van der Waals surface area (Å²) in [4.78, 5) is 0. The third-order valence-electron chi connectivity index (χ3n) is 2.49. The van der Waals surface area contributed by atoms with E-state index in [1.807, 2.05) is 18.9 Å². The molecule has 0 aliphatic carbocycles. The molecule has 0 N–H and O–H groups in total. The lowest BCUT2D eigenvalue weighted by molar-refractivity contribution is -0.00437. The maximum atomic E-state index is 5.67. The fourth-order valence-corrected chi connectivity index (χ4v) is 3.34. The lowest BCUT2D eigenvalue weighted by Gasteiger charge is -2.41. The molecule has 0 aromatic carbocycles. The molecule has 0 aliphatic rings. The highest BCUT2D eigenvalue weighted by Crippen LogP contribution is 2.39. The molecule has 0 fully saturated rings. The van der Waals surface area contributed by atoms with E-state index < -0.39 is 0 Å². The quantitative estimate of drug-likeness (QED) is 0.712. The summed E-state index contributed by atoms with van der Waals surface area (Å²) in [6.45, 7) is 13.6. The average molecular weight is 218 g/mol. The van der Waals surface area contributed by atoms with Crippen LogP contribution < -0.4 is 0 Å². The third kappa shape index (κ3) is 3.82. The SMILES string of the molecule is CO[C@@H]([C@H](SC)C(C)(C)C)C(C)(C)C. The minimum absolute atomic E-state index is 0.204. The molecule has 0 saturated heterocycles. The Morgan fingerprint density at radius 1 is 0.929 bits per heavy atom. The molecule has 2 heteroatoms. The second kappa shape index (κ2) is 4.89. The molecule has 0 saturated carbocycles. The Balaban J connectivity index is 4.81. The van der Waals surface area contributed by atoms with E-state index >= 15 is 0 Å². The van der Waals surface area contributed by atoms with Gasteiger partial charge in [-0.15, -0.1) is 0 Å². The molecule has 0 heterocycles. The van der Waals surface area contributed by atoms with E-state index in [2.05, 4.69) is 47.8 Å². The predicted octanol–water partition coefficient (Wildman–Crippen LogP) is 3.83. The van der Waals surface area contributed by atoms with E-state index in [0.717, 1.165) is 0 Å². The Hall–Kier alpha value is 0.310. The fourth-order valence-electron chi connectivity index (χ4n) is 1.86. The van der Waals surface area contributed by atoms with Crippen LogP contribution in [0, 0.1) is 10.8 Å². The molecule has 0 aromatic heterocycles. The summed E-state index contributed by atoms with van der Waals surface area (Å²) in [7, 11) is 1.82. The Morgan fingerprint density at radius 3 is 1.43 bits per heavy atom. The summed E-state index contributed by atoms with van der Waals surface area (Å²) in [6.07, 6.45) is 2.48. The standard InChI is InChI=1S/C12H26OS/c1-11(2,3)9(13-7)10(14-8)12(4,5)6/h9-10H,1-8H3/t9-,10-/m0/s1. The number of thioether (sulfide) groups is 1. The molecule has 0 rings (SSSR count). The zero-order valence-electron chi connectivity index (χ0n) is 11.0. The molecule has 0 bridgehead atoms. The molecule has 1 nitrogen and oxygen atoms in total. The summed E-state index contributed by atoms with van der Waals surface area (Å²) < 4.78 is 5.67. The first kappa shape index (κ1) is 14.3. The van der Waals surface area contributed by atoms with Crippen molar-refractivity contribution < 1.29 is 4.74 Å². The van der Waals surface area contributed by atoms with E-state index in [1.165, 1.54) is 0 Å². The van der Waals surface area contributed by atoms with E-state index in [1.54, 1.807) is 0 Å². The number of hydrogen-bond donors (Lipinski definition) is 0. The van der Waals surface area contributed by atoms with Gasteiger partial charge in [-0.25, -0.2) is 0 Å². The second-order valence-corrected chi connectivity index (χ2v) is 7.02. The van der Waals surface area contributed by atoms with Crippen LogP contribution in [0.15, 0.2) is 0 Å². The van der Waals surface area contributed by atoms with Gasteiger partial charge in [0.05, 0.1) is 6.10 Å². The van der Waals surface area contributed by atoms with Crippen molar-refractivity contribution in [2.75, 3.05) is 13.4 Å². The van der Waals surface area contributed by atoms with Gasteiger partial charge in [0.15, 0.2) is 0 Å². The monoisotopic (exact) mass is 218 g/mol. The first-order valence-corrected chi connectivity index (χ1v) is 6.49. The number of ether oxygens (including phenoxy) is 1. The average Bonchev–Trinajstić information content (AvgIpc) is 1.94.